The van der Waals surface area contributed by atoms with E-state index in [0.29, 0.717) is 6.04 Å². The number of carbonyl (C=O) groups excluding carboxylic acids is 1. The van der Waals surface area contributed by atoms with Crippen LogP contribution in [0.3, 0.4) is 0 Å². The quantitative estimate of drug-likeness (QED) is 0.775. The molecule has 0 spiro atoms. The maximum atomic E-state index is 12.4. The van der Waals surface area contributed by atoms with Crippen molar-refractivity contribution in [3.63, 3.8) is 0 Å². The van der Waals surface area contributed by atoms with Crippen LogP contribution < -0.4 is 5.32 Å². The van der Waals surface area contributed by atoms with Crippen molar-refractivity contribution < 1.29 is 4.79 Å². The number of benzene rings is 1. The van der Waals surface area contributed by atoms with Gasteiger partial charge in [0.2, 0.25) is 0 Å². The third-order valence-corrected chi connectivity index (χ3v) is 6.35. The standard InChI is InChI=1S/C17H20INO/c18-15-3-1-12(2-4-15)17(20)19-16-13-6-10-5-11(8-13)9-14(16)7-10/h1-4,10-11,13-14,16H,5-9H2,(H,19,20). The van der Waals surface area contributed by atoms with Crippen molar-refractivity contribution in [3.8, 4) is 0 Å². The number of amides is 1. The molecule has 2 nitrogen and oxygen atoms in total. The summed E-state index contributed by atoms with van der Waals surface area (Å²) in [5.74, 6) is 3.55. The van der Waals surface area contributed by atoms with Crippen LogP contribution in [0.2, 0.25) is 0 Å². The summed E-state index contributed by atoms with van der Waals surface area (Å²) >= 11 is 2.27. The lowest BCUT2D eigenvalue weighted by atomic mass is 9.54. The lowest BCUT2D eigenvalue weighted by molar-refractivity contribution is -0.0119. The maximum absolute atomic E-state index is 12.4. The van der Waals surface area contributed by atoms with Crippen LogP contribution in [-0.2, 0) is 0 Å². The van der Waals surface area contributed by atoms with Crippen LogP contribution in [0.1, 0.15) is 42.5 Å². The first-order valence-electron chi connectivity index (χ1n) is 7.75. The highest BCUT2D eigenvalue weighted by Crippen LogP contribution is 2.53. The van der Waals surface area contributed by atoms with Gasteiger partial charge in [-0.3, -0.25) is 4.79 Å². The van der Waals surface area contributed by atoms with Gasteiger partial charge in [-0.25, -0.2) is 0 Å². The second-order valence-corrected chi connectivity index (χ2v) is 8.18. The molecule has 0 aliphatic heterocycles. The van der Waals surface area contributed by atoms with Crippen molar-refractivity contribution in [3.05, 3.63) is 33.4 Å². The van der Waals surface area contributed by atoms with E-state index in [9.17, 15) is 4.79 Å². The Hall–Kier alpha value is -0.580. The predicted octanol–water partition coefficient (Wildman–Crippen LogP) is 3.85. The van der Waals surface area contributed by atoms with E-state index in [-0.39, 0.29) is 5.91 Å². The molecule has 1 aromatic rings. The highest BCUT2D eigenvalue weighted by atomic mass is 127. The zero-order valence-electron chi connectivity index (χ0n) is 11.5. The Morgan fingerprint density at radius 3 is 2.05 bits per heavy atom. The van der Waals surface area contributed by atoms with Crippen LogP contribution in [-0.4, -0.2) is 11.9 Å². The van der Waals surface area contributed by atoms with Gasteiger partial charge in [0.15, 0.2) is 0 Å². The van der Waals surface area contributed by atoms with Crippen molar-refractivity contribution in [1.29, 1.82) is 0 Å². The Kier molecular flexibility index (Phi) is 3.28. The van der Waals surface area contributed by atoms with Crippen LogP contribution in [0.15, 0.2) is 24.3 Å². The molecule has 3 heteroatoms. The molecule has 4 aliphatic carbocycles. The molecule has 106 valence electrons. The number of carbonyl (C=O) groups is 1. The summed E-state index contributed by atoms with van der Waals surface area (Å²) in [5.41, 5.74) is 0.805. The molecule has 0 heterocycles. The van der Waals surface area contributed by atoms with Crippen LogP contribution in [0, 0.1) is 27.2 Å². The van der Waals surface area contributed by atoms with Crippen LogP contribution >= 0.6 is 22.6 Å². The monoisotopic (exact) mass is 381 g/mol. The van der Waals surface area contributed by atoms with Crippen molar-refractivity contribution in [2.75, 3.05) is 0 Å². The van der Waals surface area contributed by atoms with E-state index in [4.69, 9.17) is 0 Å². The largest absolute Gasteiger partial charge is 0.349 e. The van der Waals surface area contributed by atoms with E-state index in [2.05, 4.69) is 27.9 Å². The van der Waals surface area contributed by atoms with E-state index in [1.165, 1.54) is 35.7 Å². The molecule has 0 atom stereocenters. The molecule has 4 fully saturated rings. The molecule has 4 aliphatic rings. The van der Waals surface area contributed by atoms with Gasteiger partial charge < -0.3 is 5.32 Å². The molecule has 1 N–H and O–H groups in total. The highest BCUT2D eigenvalue weighted by Gasteiger charge is 2.48. The van der Waals surface area contributed by atoms with Crippen molar-refractivity contribution >= 4 is 28.5 Å². The van der Waals surface area contributed by atoms with Gasteiger partial charge in [0.1, 0.15) is 0 Å². The maximum Gasteiger partial charge on any atom is 0.251 e. The summed E-state index contributed by atoms with van der Waals surface area (Å²) in [6.07, 6.45) is 6.87. The summed E-state index contributed by atoms with van der Waals surface area (Å²) in [7, 11) is 0. The first-order valence-corrected chi connectivity index (χ1v) is 8.83. The average Bonchev–Trinajstić information content (AvgIpc) is 2.42. The molecule has 0 radical (unpaired) electrons. The van der Waals surface area contributed by atoms with Crippen LogP contribution in [0.5, 0.6) is 0 Å². The van der Waals surface area contributed by atoms with Crippen molar-refractivity contribution in [2.24, 2.45) is 23.7 Å². The Balaban J connectivity index is 1.49. The molecule has 0 saturated heterocycles. The Morgan fingerprint density at radius 1 is 0.950 bits per heavy atom. The summed E-state index contributed by atoms with van der Waals surface area (Å²) in [5, 5.41) is 3.36. The fourth-order valence-corrected chi connectivity index (χ4v) is 5.36. The second-order valence-electron chi connectivity index (χ2n) is 6.94. The predicted molar refractivity (Wildman–Crippen MR) is 87.5 cm³/mol. The number of rotatable bonds is 2. The first kappa shape index (κ1) is 13.1. The van der Waals surface area contributed by atoms with Gasteiger partial charge in [-0.1, -0.05) is 0 Å². The van der Waals surface area contributed by atoms with E-state index in [1.807, 2.05) is 24.3 Å². The Morgan fingerprint density at radius 2 is 1.50 bits per heavy atom. The lowest BCUT2D eigenvalue weighted by Gasteiger charge is -2.54. The molecule has 5 rings (SSSR count). The minimum absolute atomic E-state index is 0.124. The Bertz CT molecular complexity index is 496. The van der Waals surface area contributed by atoms with Gasteiger partial charge in [0.05, 0.1) is 0 Å². The normalized spacial score (nSPS) is 38.0. The minimum atomic E-state index is 0.124. The van der Waals surface area contributed by atoms with Gasteiger partial charge in [-0.05, 0) is 103 Å². The van der Waals surface area contributed by atoms with Crippen LogP contribution in [0.25, 0.3) is 0 Å². The third-order valence-electron chi connectivity index (χ3n) is 5.63. The Labute approximate surface area is 133 Å². The van der Waals surface area contributed by atoms with Crippen LogP contribution in [0.4, 0.5) is 0 Å². The molecule has 1 amide bonds. The van der Waals surface area contributed by atoms with Gasteiger partial charge in [-0.2, -0.15) is 0 Å². The fourth-order valence-electron chi connectivity index (χ4n) is 5.00. The van der Waals surface area contributed by atoms with Gasteiger partial charge in [-0.15, -0.1) is 0 Å². The molecular weight excluding hydrogens is 361 g/mol. The third kappa shape index (κ3) is 2.28. The smallest absolute Gasteiger partial charge is 0.251 e. The molecule has 1 aromatic carbocycles. The van der Waals surface area contributed by atoms with Crippen molar-refractivity contribution in [1.82, 2.24) is 5.32 Å². The molecule has 20 heavy (non-hydrogen) atoms. The van der Waals surface area contributed by atoms with Gasteiger partial charge in [0.25, 0.3) is 5.91 Å². The molecule has 0 aromatic heterocycles. The summed E-state index contributed by atoms with van der Waals surface area (Å²) in [6.45, 7) is 0. The molecule has 4 bridgehead atoms. The van der Waals surface area contributed by atoms with E-state index in [0.717, 1.165) is 29.2 Å². The SMILES string of the molecule is O=C(NC1C2CC3CC(C2)CC1C3)c1ccc(I)cc1. The second kappa shape index (κ2) is 5.00. The van der Waals surface area contributed by atoms with Gasteiger partial charge in [0, 0.05) is 15.2 Å². The fraction of sp³-hybridized carbons (Fsp3) is 0.588. The lowest BCUT2D eigenvalue weighted by Crippen LogP contribution is -2.55. The molecule has 0 unspecified atom stereocenters. The highest BCUT2D eigenvalue weighted by molar-refractivity contribution is 14.1. The van der Waals surface area contributed by atoms with Gasteiger partial charge >= 0.3 is 0 Å². The minimum Gasteiger partial charge on any atom is -0.349 e. The molecular formula is C17H20INO. The van der Waals surface area contributed by atoms with Crippen molar-refractivity contribution in [2.45, 2.75) is 38.1 Å². The first-order chi connectivity index (χ1) is 9.69. The van der Waals surface area contributed by atoms with E-state index in [1.54, 1.807) is 0 Å². The molecule has 4 saturated carbocycles. The summed E-state index contributed by atoms with van der Waals surface area (Å²) in [6, 6.07) is 8.33. The van der Waals surface area contributed by atoms with E-state index >= 15 is 0 Å². The number of halogens is 1. The zero-order valence-corrected chi connectivity index (χ0v) is 13.7. The number of hydrogen-bond donors (Lipinski definition) is 1. The number of nitrogens with one attached hydrogen (secondary N) is 1. The average molecular weight is 381 g/mol. The summed E-state index contributed by atoms with van der Waals surface area (Å²) < 4.78 is 1.17. The number of hydrogen-bond acceptors (Lipinski definition) is 1. The topological polar surface area (TPSA) is 29.1 Å². The summed E-state index contributed by atoms with van der Waals surface area (Å²) in [4.78, 5) is 12.4. The van der Waals surface area contributed by atoms with E-state index < -0.39 is 0 Å². The zero-order chi connectivity index (χ0) is 13.7.